The molecule has 2 unspecified atom stereocenters. The number of guanidine groups is 2. The fourth-order valence-corrected chi connectivity index (χ4v) is 6.30. The molecule has 9 nitrogen and oxygen atoms in total. The van der Waals surface area contributed by atoms with E-state index in [0.717, 1.165) is 63.8 Å². The Balaban J connectivity index is 1.31. The zero-order valence-electron chi connectivity index (χ0n) is 22.9. The molecule has 5 rings (SSSR count). The first-order valence-corrected chi connectivity index (χ1v) is 14.6. The van der Waals surface area contributed by atoms with E-state index in [4.69, 9.17) is 15.7 Å². The van der Waals surface area contributed by atoms with Crippen molar-refractivity contribution in [3.8, 4) is 0 Å². The molecular formula is C28H47N9. The minimum atomic E-state index is -0.851. The molecule has 2 atom stereocenters. The number of hydrogen-bond donors (Lipinski definition) is 4. The highest BCUT2D eigenvalue weighted by Crippen LogP contribution is 2.31. The normalized spacial score (nSPS) is 29.5. The second kappa shape index (κ2) is 12.0. The van der Waals surface area contributed by atoms with Crippen LogP contribution in [0.3, 0.4) is 0 Å². The van der Waals surface area contributed by atoms with Gasteiger partial charge in [-0.15, -0.1) is 0 Å². The minimum absolute atomic E-state index is 0.289. The van der Waals surface area contributed by atoms with Gasteiger partial charge in [-0.25, -0.2) is 4.99 Å². The summed E-state index contributed by atoms with van der Waals surface area (Å²) in [4.78, 5) is 17.4. The summed E-state index contributed by atoms with van der Waals surface area (Å²) in [6.07, 6.45) is 9.66. The number of aliphatic imine (C=N–C) groups is 2. The lowest BCUT2D eigenvalue weighted by Gasteiger charge is -2.39. The third kappa shape index (κ3) is 6.56. The Labute approximate surface area is 222 Å². The number of likely N-dealkylation sites (N-methyl/N-ethyl adjacent to an activating group) is 2. The Hall–Kier alpha value is -2.36. The maximum Gasteiger partial charge on any atom is 0.206 e. The Morgan fingerprint density at radius 3 is 2.43 bits per heavy atom. The van der Waals surface area contributed by atoms with E-state index in [-0.39, 0.29) is 5.92 Å². The number of hydrogen-bond acceptors (Lipinski definition) is 7. The molecule has 1 saturated carbocycles. The van der Waals surface area contributed by atoms with Crippen LogP contribution in [0, 0.1) is 5.92 Å². The first-order chi connectivity index (χ1) is 18.0. The van der Waals surface area contributed by atoms with Gasteiger partial charge in [0.1, 0.15) is 0 Å². The van der Waals surface area contributed by atoms with Crippen molar-refractivity contribution in [2.75, 3.05) is 63.1 Å². The average molecular weight is 510 g/mol. The van der Waals surface area contributed by atoms with E-state index in [9.17, 15) is 0 Å². The van der Waals surface area contributed by atoms with Crippen molar-refractivity contribution in [2.24, 2.45) is 21.6 Å². The predicted octanol–water partition coefficient (Wildman–Crippen LogP) is 2.82. The Morgan fingerprint density at radius 1 is 1.00 bits per heavy atom. The van der Waals surface area contributed by atoms with E-state index in [2.05, 4.69) is 68.9 Å². The molecular weight excluding hydrogens is 462 g/mol. The molecule has 0 bridgehead atoms. The number of likely N-dealkylation sites (tertiary alicyclic amines) is 1. The largest absolute Gasteiger partial charge is 0.369 e. The van der Waals surface area contributed by atoms with Gasteiger partial charge in [0.05, 0.1) is 6.54 Å². The number of rotatable bonds is 6. The van der Waals surface area contributed by atoms with Crippen molar-refractivity contribution < 1.29 is 0 Å². The summed E-state index contributed by atoms with van der Waals surface area (Å²) in [6, 6.07) is 9.18. The van der Waals surface area contributed by atoms with Crippen LogP contribution >= 0.6 is 0 Å². The standard InChI is InChI=1S/C28H47N9/c1-3-36-16-8-11-25(36)21-30-26-32-27(34-28(29,33-26)22-9-6-4-5-7-10-22)31-23-12-14-24(15-13-23)37-19-17-35(2)18-20-37/h12-15,22,25H,3-11,16-21,29H2,1-2H3,(H3,30,31,32,33,34). The van der Waals surface area contributed by atoms with E-state index in [0.29, 0.717) is 12.0 Å². The monoisotopic (exact) mass is 509 g/mol. The van der Waals surface area contributed by atoms with Gasteiger partial charge >= 0.3 is 0 Å². The van der Waals surface area contributed by atoms with E-state index in [1.165, 1.54) is 50.8 Å². The molecule has 1 aromatic carbocycles. The van der Waals surface area contributed by atoms with Gasteiger partial charge < -0.3 is 20.4 Å². The molecule has 3 heterocycles. The van der Waals surface area contributed by atoms with Crippen LogP contribution in [0.15, 0.2) is 34.3 Å². The Morgan fingerprint density at radius 2 is 1.73 bits per heavy atom. The molecule has 37 heavy (non-hydrogen) atoms. The maximum atomic E-state index is 7.03. The highest BCUT2D eigenvalue weighted by atomic mass is 15.4. The van der Waals surface area contributed by atoms with Crippen LogP contribution in [-0.2, 0) is 0 Å². The molecule has 4 aliphatic rings. The number of anilines is 2. The van der Waals surface area contributed by atoms with Crippen molar-refractivity contribution in [3.63, 3.8) is 0 Å². The maximum absolute atomic E-state index is 7.03. The van der Waals surface area contributed by atoms with Gasteiger partial charge in [-0.3, -0.25) is 20.9 Å². The quantitative estimate of drug-likeness (QED) is 0.438. The molecule has 204 valence electrons. The van der Waals surface area contributed by atoms with Crippen LogP contribution in [-0.4, -0.2) is 86.4 Å². The molecule has 0 aromatic heterocycles. The Bertz CT molecular complexity index is 929. The lowest BCUT2D eigenvalue weighted by Crippen LogP contribution is -2.67. The highest BCUT2D eigenvalue weighted by molar-refractivity contribution is 6.07. The number of nitrogens with zero attached hydrogens (tertiary/aromatic N) is 5. The average Bonchev–Trinajstić information content (AvgIpc) is 3.18. The molecule has 0 radical (unpaired) electrons. The summed E-state index contributed by atoms with van der Waals surface area (Å²) in [6.45, 7) is 9.61. The molecule has 0 spiro atoms. The van der Waals surface area contributed by atoms with E-state index in [1.807, 2.05) is 0 Å². The van der Waals surface area contributed by atoms with Gasteiger partial charge in [-0.05, 0) is 70.1 Å². The van der Waals surface area contributed by atoms with E-state index >= 15 is 0 Å². The molecule has 2 saturated heterocycles. The molecule has 1 aliphatic carbocycles. The fourth-order valence-electron chi connectivity index (χ4n) is 6.30. The number of nitrogens with two attached hydrogens (primary N) is 1. The SMILES string of the molecule is CCN1CCCC1CN=C1NC(Nc2ccc(N3CCN(C)CC3)cc2)=NC(N)(C2CCCCCC2)N1. The van der Waals surface area contributed by atoms with Gasteiger partial charge in [-0.2, -0.15) is 0 Å². The van der Waals surface area contributed by atoms with Crippen LogP contribution in [0.2, 0.25) is 0 Å². The fraction of sp³-hybridized carbons (Fsp3) is 0.714. The summed E-state index contributed by atoms with van der Waals surface area (Å²) < 4.78 is 0. The number of nitrogens with one attached hydrogen (secondary N) is 3. The summed E-state index contributed by atoms with van der Waals surface area (Å²) in [5.74, 6) is 0.852. The van der Waals surface area contributed by atoms with Crippen molar-refractivity contribution in [1.82, 2.24) is 20.4 Å². The predicted molar refractivity (Wildman–Crippen MR) is 154 cm³/mol. The molecule has 1 aromatic rings. The van der Waals surface area contributed by atoms with Gasteiger partial charge in [0.25, 0.3) is 0 Å². The molecule has 3 fully saturated rings. The van der Waals surface area contributed by atoms with Crippen LogP contribution in [0.4, 0.5) is 11.4 Å². The number of piperazine rings is 1. The zero-order chi connectivity index (χ0) is 25.7. The summed E-state index contributed by atoms with van der Waals surface area (Å²) in [5, 5.41) is 10.4. The third-order valence-electron chi connectivity index (χ3n) is 8.69. The molecule has 9 heteroatoms. The minimum Gasteiger partial charge on any atom is -0.369 e. The van der Waals surface area contributed by atoms with Gasteiger partial charge in [0.15, 0.2) is 5.79 Å². The third-order valence-corrected chi connectivity index (χ3v) is 8.69. The van der Waals surface area contributed by atoms with Crippen LogP contribution < -0.4 is 26.6 Å². The van der Waals surface area contributed by atoms with Gasteiger partial charge in [0, 0.05) is 49.5 Å². The Kier molecular flexibility index (Phi) is 8.52. The van der Waals surface area contributed by atoms with Crippen molar-refractivity contribution in [2.45, 2.75) is 70.1 Å². The summed E-state index contributed by atoms with van der Waals surface area (Å²) in [7, 11) is 2.19. The topological polar surface area (TPSA) is 96.5 Å². The van der Waals surface area contributed by atoms with Crippen LogP contribution in [0.1, 0.15) is 58.3 Å². The first kappa shape index (κ1) is 26.3. The van der Waals surface area contributed by atoms with Crippen LogP contribution in [0.25, 0.3) is 0 Å². The van der Waals surface area contributed by atoms with Crippen molar-refractivity contribution >= 4 is 23.3 Å². The number of benzene rings is 1. The summed E-state index contributed by atoms with van der Waals surface area (Å²) >= 11 is 0. The highest BCUT2D eigenvalue weighted by Gasteiger charge is 2.39. The van der Waals surface area contributed by atoms with Crippen molar-refractivity contribution in [1.29, 1.82) is 0 Å². The first-order valence-electron chi connectivity index (χ1n) is 14.6. The smallest absolute Gasteiger partial charge is 0.206 e. The van der Waals surface area contributed by atoms with Gasteiger partial charge in [-0.1, -0.05) is 32.6 Å². The van der Waals surface area contributed by atoms with E-state index in [1.54, 1.807) is 0 Å². The van der Waals surface area contributed by atoms with Crippen LogP contribution in [0.5, 0.6) is 0 Å². The van der Waals surface area contributed by atoms with E-state index < -0.39 is 5.79 Å². The lowest BCUT2D eigenvalue weighted by atomic mass is 9.92. The lowest BCUT2D eigenvalue weighted by molar-refractivity contribution is 0.226. The molecule has 0 amide bonds. The summed E-state index contributed by atoms with van der Waals surface area (Å²) in [5.41, 5.74) is 9.30. The van der Waals surface area contributed by atoms with Gasteiger partial charge in [0.2, 0.25) is 11.9 Å². The van der Waals surface area contributed by atoms with Crippen molar-refractivity contribution in [3.05, 3.63) is 24.3 Å². The second-order valence-electron chi connectivity index (χ2n) is 11.3. The zero-order valence-corrected chi connectivity index (χ0v) is 22.9. The second-order valence-corrected chi connectivity index (χ2v) is 11.3. The molecule has 5 N–H and O–H groups in total. The molecule has 3 aliphatic heterocycles.